The van der Waals surface area contributed by atoms with Crippen LogP contribution in [-0.4, -0.2) is 24.9 Å². The van der Waals surface area contributed by atoms with E-state index >= 15 is 0 Å². The van der Waals surface area contributed by atoms with E-state index in [9.17, 15) is 0 Å². The molecule has 0 aliphatic heterocycles. The number of aromatic nitrogens is 5. The molecule has 10 rings (SSSR count). The van der Waals surface area contributed by atoms with E-state index in [4.69, 9.17) is 24.9 Å². The molecule has 6 aromatic carbocycles. The second-order valence-electron chi connectivity index (χ2n) is 11.7. The maximum Gasteiger partial charge on any atom is 0.164 e. The molecule has 0 saturated heterocycles. The van der Waals surface area contributed by atoms with Gasteiger partial charge in [-0.1, -0.05) is 97.1 Å². The minimum Gasteiger partial charge on any atom is -0.236 e. The smallest absolute Gasteiger partial charge is 0.164 e. The Labute approximate surface area is 292 Å². The molecule has 0 radical (unpaired) electrons. The molecule has 0 saturated carbocycles. The molecule has 0 spiro atoms. The molecule has 10 aromatic rings. The van der Waals surface area contributed by atoms with E-state index in [0.29, 0.717) is 17.5 Å². The van der Waals surface area contributed by atoms with Crippen LogP contribution in [0.1, 0.15) is 0 Å². The lowest BCUT2D eigenvalue weighted by Crippen LogP contribution is -2.00. The Kier molecular flexibility index (Phi) is 6.65. The predicted octanol–water partition coefficient (Wildman–Crippen LogP) is 11.8. The average molecular weight is 682 g/mol. The van der Waals surface area contributed by atoms with Gasteiger partial charge in [0.15, 0.2) is 17.5 Å². The summed E-state index contributed by atoms with van der Waals surface area (Å²) in [6.07, 6.45) is 0. The van der Waals surface area contributed by atoms with Crippen LogP contribution in [0, 0.1) is 0 Å². The molecular formula is C41H23N5S3. The van der Waals surface area contributed by atoms with Gasteiger partial charge in [-0.15, -0.1) is 34.0 Å². The van der Waals surface area contributed by atoms with Gasteiger partial charge in [0.05, 0.1) is 20.4 Å². The third kappa shape index (κ3) is 5.00. The normalized spacial score (nSPS) is 11.7. The molecule has 8 heteroatoms. The summed E-state index contributed by atoms with van der Waals surface area (Å²) in [6, 6.07) is 48.1. The van der Waals surface area contributed by atoms with Crippen LogP contribution in [-0.2, 0) is 0 Å². The number of hydrogen-bond donors (Lipinski definition) is 0. The SMILES string of the molecule is c1ccc(-c2nc(-c3ccc(-c4nc5ccccc5s4)cc3)nc(-c3cccc4sc5ccc(-c6nc7ccccc7s6)cc5c34)n2)cc1. The van der Waals surface area contributed by atoms with E-state index in [1.54, 1.807) is 34.0 Å². The van der Waals surface area contributed by atoms with E-state index in [1.165, 1.54) is 24.2 Å². The van der Waals surface area contributed by atoms with Crippen molar-refractivity contribution in [1.82, 2.24) is 24.9 Å². The first-order chi connectivity index (χ1) is 24.2. The quantitative estimate of drug-likeness (QED) is 0.181. The van der Waals surface area contributed by atoms with Crippen LogP contribution in [0.5, 0.6) is 0 Å². The van der Waals surface area contributed by atoms with E-state index in [0.717, 1.165) is 54.3 Å². The molecule has 0 N–H and O–H groups in total. The highest BCUT2D eigenvalue weighted by Crippen LogP contribution is 2.42. The largest absolute Gasteiger partial charge is 0.236 e. The second kappa shape index (κ2) is 11.5. The molecule has 0 unspecified atom stereocenters. The lowest BCUT2D eigenvalue weighted by Gasteiger charge is -2.10. The lowest BCUT2D eigenvalue weighted by atomic mass is 10.0. The molecule has 0 fully saturated rings. The summed E-state index contributed by atoms with van der Waals surface area (Å²) in [5.74, 6) is 1.92. The zero-order valence-corrected chi connectivity index (χ0v) is 28.2. The number of nitrogens with zero attached hydrogens (tertiary/aromatic N) is 5. The number of rotatable bonds is 5. The number of fused-ring (bicyclic) bond motifs is 5. The fourth-order valence-electron chi connectivity index (χ4n) is 6.24. The van der Waals surface area contributed by atoms with Crippen molar-refractivity contribution < 1.29 is 0 Å². The van der Waals surface area contributed by atoms with Crippen LogP contribution in [0.3, 0.4) is 0 Å². The van der Waals surface area contributed by atoms with E-state index in [1.807, 2.05) is 42.5 Å². The van der Waals surface area contributed by atoms with Crippen molar-refractivity contribution in [2.75, 3.05) is 0 Å². The van der Waals surface area contributed by atoms with Crippen molar-refractivity contribution in [2.45, 2.75) is 0 Å². The van der Waals surface area contributed by atoms with Gasteiger partial charge < -0.3 is 0 Å². The number of hydrogen-bond acceptors (Lipinski definition) is 8. The van der Waals surface area contributed by atoms with Gasteiger partial charge in [0.1, 0.15) is 10.0 Å². The molecule has 4 heterocycles. The fraction of sp³-hybridized carbons (Fsp3) is 0. The van der Waals surface area contributed by atoms with Crippen LogP contribution in [0.2, 0.25) is 0 Å². The van der Waals surface area contributed by atoms with Crippen LogP contribution < -0.4 is 0 Å². The second-order valence-corrected chi connectivity index (χ2v) is 14.9. The summed E-state index contributed by atoms with van der Waals surface area (Å²) in [7, 11) is 0. The summed E-state index contributed by atoms with van der Waals surface area (Å²) >= 11 is 5.21. The van der Waals surface area contributed by atoms with E-state index < -0.39 is 0 Å². The zero-order valence-electron chi connectivity index (χ0n) is 25.7. The Balaban J connectivity index is 1.12. The Bertz CT molecular complexity index is 2770. The van der Waals surface area contributed by atoms with E-state index in [-0.39, 0.29) is 0 Å². The molecule has 0 bridgehead atoms. The number of benzene rings is 6. The van der Waals surface area contributed by atoms with Gasteiger partial charge in [0.2, 0.25) is 0 Å². The molecule has 5 nitrogen and oxygen atoms in total. The van der Waals surface area contributed by atoms with Crippen molar-refractivity contribution in [2.24, 2.45) is 0 Å². The van der Waals surface area contributed by atoms with Gasteiger partial charge in [-0.2, -0.15) is 0 Å². The molecule has 0 aliphatic rings. The molecule has 0 atom stereocenters. The Morgan fingerprint density at radius 2 is 0.898 bits per heavy atom. The molecule has 0 aliphatic carbocycles. The number of para-hydroxylation sites is 2. The average Bonchev–Trinajstić information content (AvgIpc) is 3.90. The Morgan fingerprint density at radius 1 is 0.347 bits per heavy atom. The molecule has 230 valence electrons. The van der Waals surface area contributed by atoms with Gasteiger partial charge >= 0.3 is 0 Å². The van der Waals surface area contributed by atoms with Crippen molar-refractivity contribution in [1.29, 1.82) is 0 Å². The van der Waals surface area contributed by atoms with Crippen LogP contribution in [0.15, 0.2) is 140 Å². The predicted molar refractivity (Wildman–Crippen MR) is 206 cm³/mol. The summed E-state index contributed by atoms with van der Waals surface area (Å²) in [5.41, 5.74) is 7.07. The van der Waals surface area contributed by atoms with Gasteiger partial charge in [-0.25, -0.2) is 24.9 Å². The Hall–Kier alpha value is -5.67. The third-order valence-electron chi connectivity index (χ3n) is 8.63. The first-order valence-electron chi connectivity index (χ1n) is 15.8. The van der Waals surface area contributed by atoms with Gasteiger partial charge in [-0.05, 0) is 42.5 Å². The van der Waals surface area contributed by atoms with Crippen LogP contribution in [0.25, 0.3) is 95.9 Å². The first-order valence-corrected chi connectivity index (χ1v) is 18.3. The molecule has 49 heavy (non-hydrogen) atoms. The molecule has 0 amide bonds. The van der Waals surface area contributed by atoms with Crippen LogP contribution in [0.4, 0.5) is 0 Å². The van der Waals surface area contributed by atoms with Crippen molar-refractivity contribution in [3.63, 3.8) is 0 Å². The van der Waals surface area contributed by atoms with Gasteiger partial charge in [-0.3, -0.25) is 0 Å². The molecule has 4 aromatic heterocycles. The van der Waals surface area contributed by atoms with Crippen molar-refractivity contribution >= 4 is 74.6 Å². The highest BCUT2D eigenvalue weighted by atomic mass is 32.1. The van der Waals surface area contributed by atoms with Crippen molar-refractivity contribution in [3.05, 3.63) is 140 Å². The maximum atomic E-state index is 5.14. The van der Waals surface area contributed by atoms with Gasteiger partial charge in [0.25, 0.3) is 0 Å². The highest BCUT2D eigenvalue weighted by Gasteiger charge is 2.18. The van der Waals surface area contributed by atoms with Crippen LogP contribution >= 0.6 is 34.0 Å². The zero-order chi connectivity index (χ0) is 32.3. The third-order valence-corrected chi connectivity index (χ3v) is 11.9. The Morgan fingerprint density at radius 3 is 1.59 bits per heavy atom. The minimum absolute atomic E-state index is 0.631. The number of thiazole rings is 2. The maximum absolute atomic E-state index is 5.14. The summed E-state index contributed by atoms with van der Waals surface area (Å²) in [4.78, 5) is 25.0. The fourth-order valence-corrected chi connectivity index (χ4v) is 9.29. The topological polar surface area (TPSA) is 64.5 Å². The minimum atomic E-state index is 0.631. The summed E-state index contributed by atoms with van der Waals surface area (Å²) in [6.45, 7) is 0. The standard InChI is InChI=1S/C41H23N5S3/c1-2-9-24(10-3-1)37-44-38(25-17-19-26(20-18-25)40-42-30-12-4-6-14-33(30)48-40)46-39(45-37)28-11-8-16-35-36(28)29-23-27(21-22-32(29)47-35)41-43-31-13-5-7-15-34(31)49-41/h1-23H. The first kappa shape index (κ1) is 28.4. The monoisotopic (exact) mass is 681 g/mol. The molecular weight excluding hydrogens is 659 g/mol. The van der Waals surface area contributed by atoms with Gasteiger partial charge in [0, 0.05) is 48.0 Å². The number of thiophene rings is 1. The summed E-state index contributed by atoms with van der Waals surface area (Å²) in [5, 5.41) is 4.34. The lowest BCUT2D eigenvalue weighted by molar-refractivity contribution is 1.08. The van der Waals surface area contributed by atoms with Crippen molar-refractivity contribution in [3.8, 4) is 55.3 Å². The van der Waals surface area contributed by atoms with E-state index in [2.05, 4.69) is 97.1 Å². The highest BCUT2D eigenvalue weighted by molar-refractivity contribution is 7.26. The summed E-state index contributed by atoms with van der Waals surface area (Å²) < 4.78 is 4.78.